The van der Waals surface area contributed by atoms with E-state index in [0.717, 1.165) is 44.2 Å². The molecule has 2 aromatic heterocycles. The molecule has 2 aliphatic rings. The first kappa shape index (κ1) is 23.4. The minimum atomic E-state index is -0.230. The topological polar surface area (TPSA) is 104 Å². The lowest BCUT2D eigenvalue weighted by Gasteiger charge is -2.28. The molecule has 2 aromatic rings. The molecule has 0 radical (unpaired) electrons. The zero-order chi connectivity index (χ0) is 23.0. The second-order valence-electron chi connectivity index (χ2n) is 8.82. The molecule has 3 amide bonds. The number of rotatable bonds is 10. The van der Waals surface area contributed by atoms with Crippen molar-refractivity contribution in [2.45, 2.75) is 63.8 Å². The molecule has 4 rings (SSSR count). The molecule has 2 aliphatic carbocycles. The Labute approximate surface area is 198 Å². The fraction of sp³-hybridized carbons (Fsp3) is 0.542. The summed E-state index contributed by atoms with van der Waals surface area (Å²) in [7, 11) is 0. The Hall–Kier alpha value is -2.81. The van der Waals surface area contributed by atoms with E-state index < -0.39 is 0 Å². The van der Waals surface area contributed by atoms with Crippen molar-refractivity contribution in [3.05, 3.63) is 41.2 Å². The fourth-order valence-electron chi connectivity index (χ4n) is 4.22. The van der Waals surface area contributed by atoms with Crippen LogP contribution in [0, 0.1) is 5.92 Å². The molecule has 2 heterocycles. The zero-order valence-corrected chi connectivity index (χ0v) is 19.6. The highest BCUT2D eigenvalue weighted by atomic mass is 32.1. The second-order valence-corrected chi connectivity index (χ2v) is 9.68. The number of pyridine rings is 1. The van der Waals surface area contributed by atoms with Gasteiger partial charge < -0.3 is 15.5 Å². The van der Waals surface area contributed by atoms with Gasteiger partial charge in [-0.05, 0) is 37.8 Å². The fourth-order valence-corrected chi connectivity index (χ4v) is 4.95. The first-order valence-electron chi connectivity index (χ1n) is 11.8. The number of anilines is 1. The Bertz CT molecular complexity index is 954. The van der Waals surface area contributed by atoms with Crippen molar-refractivity contribution >= 4 is 34.2 Å². The average Bonchev–Trinajstić information content (AvgIpc) is 3.58. The summed E-state index contributed by atoms with van der Waals surface area (Å²) in [5.41, 5.74) is 1.54. The number of hydrogen-bond donors (Lipinski definition) is 2. The summed E-state index contributed by atoms with van der Waals surface area (Å²) in [5.74, 6) is -0.150. The van der Waals surface area contributed by atoms with Gasteiger partial charge in [0.2, 0.25) is 17.7 Å². The van der Waals surface area contributed by atoms with E-state index in [1.165, 1.54) is 17.8 Å². The van der Waals surface area contributed by atoms with E-state index >= 15 is 0 Å². The molecule has 0 bridgehead atoms. The summed E-state index contributed by atoms with van der Waals surface area (Å²) in [6.07, 6.45) is 9.77. The lowest BCUT2D eigenvalue weighted by Crippen LogP contribution is -2.43. The number of thiazole rings is 1. The zero-order valence-electron chi connectivity index (χ0n) is 18.8. The van der Waals surface area contributed by atoms with E-state index in [-0.39, 0.29) is 42.6 Å². The quantitative estimate of drug-likeness (QED) is 0.557. The summed E-state index contributed by atoms with van der Waals surface area (Å²) in [5, 5.41) is 7.91. The molecule has 2 saturated carbocycles. The van der Waals surface area contributed by atoms with Crippen LogP contribution in [0.1, 0.15) is 56.3 Å². The van der Waals surface area contributed by atoms with E-state index in [0.29, 0.717) is 23.8 Å². The van der Waals surface area contributed by atoms with Gasteiger partial charge in [0, 0.05) is 42.2 Å². The number of nitrogens with zero attached hydrogens (tertiary/aromatic N) is 3. The average molecular weight is 470 g/mol. The molecule has 8 nitrogen and oxygen atoms in total. The van der Waals surface area contributed by atoms with Crippen LogP contribution >= 0.6 is 11.3 Å². The molecule has 2 N–H and O–H groups in total. The summed E-state index contributed by atoms with van der Waals surface area (Å²) in [6.45, 7) is 0.582. The summed E-state index contributed by atoms with van der Waals surface area (Å²) < 4.78 is 0. The molecule has 0 aliphatic heterocycles. The normalized spacial score (nSPS) is 16.2. The molecule has 0 unspecified atom stereocenters. The van der Waals surface area contributed by atoms with Crippen molar-refractivity contribution in [2.75, 3.05) is 18.4 Å². The van der Waals surface area contributed by atoms with Crippen molar-refractivity contribution in [1.82, 2.24) is 20.2 Å². The highest BCUT2D eigenvalue weighted by Gasteiger charge is 2.37. The van der Waals surface area contributed by atoms with Crippen LogP contribution in [0.4, 0.5) is 5.13 Å². The van der Waals surface area contributed by atoms with E-state index in [9.17, 15) is 14.4 Å². The van der Waals surface area contributed by atoms with Gasteiger partial charge in [-0.15, -0.1) is 11.3 Å². The van der Waals surface area contributed by atoms with E-state index in [4.69, 9.17) is 0 Å². The van der Waals surface area contributed by atoms with Gasteiger partial charge >= 0.3 is 0 Å². The van der Waals surface area contributed by atoms with Gasteiger partial charge in [-0.2, -0.15) is 0 Å². The second kappa shape index (κ2) is 11.4. The maximum absolute atomic E-state index is 13.0. The number of amides is 3. The van der Waals surface area contributed by atoms with Crippen LogP contribution in [0.2, 0.25) is 0 Å². The highest BCUT2D eigenvalue weighted by molar-refractivity contribution is 7.13. The van der Waals surface area contributed by atoms with E-state index in [2.05, 4.69) is 20.6 Å². The van der Waals surface area contributed by atoms with Crippen LogP contribution in [0.25, 0.3) is 0 Å². The molecule has 0 aromatic carbocycles. The minimum absolute atomic E-state index is 0.0646. The standard InChI is InChI=1S/C24H31N5O3S/c30-21(26-13-11-18-8-4-5-12-25-18)14-19-16-33-24(27-19)28-22(31)15-29(20-9-10-20)23(32)17-6-2-1-3-7-17/h4-5,8,12,16-17,20H,1-3,6-7,9-11,13-15H2,(H,26,30)(H,27,28,31). The Morgan fingerprint density at radius 3 is 2.58 bits per heavy atom. The lowest BCUT2D eigenvalue weighted by molar-refractivity contribution is -0.139. The number of carbonyl (C=O) groups is 3. The number of hydrogen-bond acceptors (Lipinski definition) is 6. The Kier molecular flexibility index (Phi) is 8.04. The minimum Gasteiger partial charge on any atom is -0.355 e. The van der Waals surface area contributed by atoms with Crippen molar-refractivity contribution in [2.24, 2.45) is 5.92 Å². The van der Waals surface area contributed by atoms with Crippen molar-refractivity contribution in [1.29, 1.82) is 0 Å². The number of carbonyl (C=O) groups excluding carboxylic acids is 3. The van der Waals surface area contributed by atoms with Gasteiger partial charge in [0.05, 0.1) is 12.1 Å². The summed E-state index contributed by atoms with van der Waals surface area (Å²) in [6, 6.07) is 5.91. The molecule has 2 fully saturated rings. The monoisotopic (exact) mass is 469 g/mol. The van der Waals surface area contributed by atoms with Crippen LogP contribution in [-0.2, 0) is 27.2 Å². The first-order valence-corrected chi connectivity index (χ1v) is 12.7. The maximum Gasteiger partial charge on any atom is 0.245 e. The van der Waals surface area contributed by atoms with Crippen LogP contribution in [-0.4, -0.2) is 51.7 Å². The van der Waals surface area contributed by atoms with Gasteiger partial charge in [0.15, 0.2) is 5.13 Å². The van der Waals surface area contributed by atoms with Crippen LogP contribution < -0.4 is 10.6 Å². The third-order valence-electron chi connectivity index (χ3n) is 6.11. The highest BCUT2D eigenvalue weighted by Crippen LogP contribution is 2.32. The van der Waals surface area contributed by atoms with Crippen LogP contribution in [0.5, 0.6) is 0 Å². The van der Waals surface area contributed by atoms with Crippen molar-refractivity contribution < 1.29 is 14.4 Å². The predicted molar refractivity (Wildman–Crippen MR) is 127 cm³/mol. The third-order valence-corrected chi connectivity index (χ3v) is 6.91. The SMILES string of the molecule is O=C(Cc1csc(NC(=O)CN(C(=O)C2CCCCC2)C2CC2)n1)NCCc1ccccn1. The lowest BCUT2D eigenvalue weighted by atomic mass is 9.88. The van der Waals surface area contributed by atoms with Gasteiger partial charge in [0.25, 0.3) is 0 Å². The van der Waals surface area contributed by atoms with Crippen LogP contribution in [0.3, 0.4) is 0 Å². The maximum atomic E-state index is 13.0. The molecule has 33 heavy (non-hydrogen) atoms. The molecule has 0 atom stereocenters. The van der Waals surface area contributed by atoms with Crippen LogP contribution in [0.15, 0.2) is 29.8 Å². The molecule has 0 saturated heterocycles. The largest absolute Gasteiger partial charge is 0.355 e. The first-order chi connectivity index (χ1) is 16.1. The third kappa shape index (κ3) is 7.08. The molecular weight excluding hydrogens is 438 g/mol. The van der Waals surface area contributed by atoms with Gasteiger partial charge in [-0.1, -0.05) is 25.3 Å². The summed E-state index contributed by atoms with van der Waals surface area (Å²) >= 11 is 1.29. The van der Waals surface area contributed by atoms with Crippen molar-refractivity contribution in [3.63, 3.8) is 0 Å². The number of aromatic nitrogens is 2. The van der Waals surface area contributed by atoms with Crippen molar-refractivity contribution in [3.8, 4) is 0 Å². The molecular formula is C24H31N5O3S. The summed E-state index contributed by atoms with van der Waals surface area (Å²) in [4.78, 5) is 48.1. The van der Waals surface area contributed by atoms with Gasteiger partial charge in [-0.3, -0.25) is 19.4 Å². The molecule has 0 spiro atoms. The smallest absolute Gasteiger partial charge is 0.245 e. The van der Waals surface area contributed by atoms with E-state index in [1.807, 2.05) is 18.2 Å². The number of nitrogens with one attached hydrogen (secondary N) is 2. The Morgan fingerprint density at radius 1 is 1.03 bits per heavy atom. The Balaban J connectivity index is 1.22. The molecule has 176 valence electrons. The predicted octanol–water partition coefficient (Wildman–Crippen LogP) is 2.95. The van der Waals surface area contributed by atoms with Gasteiger partial charge in [0.1, 0.15) is 6.54 Å². The molecule has 9 heteroatoms. The Morgan fingerprint density at radius 2 is 1.85 bits per heavy atom. The van der Waals surface area contributed by atoms with Gasteiger partial charge in [-0.25, -0.2) is 4.98 Å². The van der Waals surface area contributed by atoms with E-state index in [1.54, 1.807) is 16.5 Å².